The van der Waals surface area contributed by atoms with Crippen molar-refractivity contribution in [3.63, 3.8) is 0 Å². The van der Waals surface area contributed by atoms with Gasteiger partial charge in [-0.1, -0.05) is 11.3 Å². The third-order valence-corrected chi connectivity index (χ3v) is 2.92. The summed E-state index contributed by atoms with van der Waals surface area (Å²) in [6.45, 7) is 1.13. The van der Waals surface area contributed by atoms with E-state index in [0.717, 1.165) is 11.7 Å². The van der Waals surface area contributed by atoms with Crippen molar-refractivity contribution in [3.8, 4) is 5.19 Å². The Morgan fingerprint density at radius 1 is 1.82 bits per heavy atom. The van der Waals surface area contributed by atoms with Crippen molar-refractivity contribution in [2.45, 2.75) is 12.5 Å². The van der Waals surface area contributed by atoms with Gasteiger partial charge in [0.05, 0.1) is 7.11 Å². The molecule has 1 unspecified atom stereocenters. The van der Waals surface area contributed by atoms with Gasteiger partial charge in [0.1, 0.15) is 0 Å². The number of rotatable bonds is 2. The van der Waals surface area contributed by atoms with Gasteiger partial charge in [0.2, 0.25) is 0 Å². The van der Waals surface area contributed by atoms with Crippen LogP contribution >= 0.6 is 11.3 Å². The predicted molar refractivity (Wildman–Crippen MR) is 44.0 cm³/mol. The van der Waals surface area contributed by atoms with Crippen molar-refractivity contribution in [1.29, 1.82) is 0 Å². The maximum atomic E-state index is 4.99. The number of nitrogens with one attached hydrogen (secondary N) is 1. The zero-order chi connectivity index (χ0) is 7.68. The highest BCUT2D eigenvalue weighted by Gasteiger charge is 2.20. The average Bonchev–Trinajstić information content (AvgIpc) is 2.32. The van der Waals surface area contributed by atoms with Crippen molar-refractivity contribution in [2.24, 2.45) is 0 Å². The Bertz CT molecular complexity index is 244. The van der Waals surface area contributed by atoms with E-state index in [4.69, 9.17) is 4.74 Å². The fourth-order valence-electron chi connectivity index (χ4n) is 1.06. The molecule has 1 fully saturated rings. The molecule has 0 amide bonds. The molecule has 60 valence electrons. The molecule has 0 spiro atoms. The van der Waals surface area contributed by atoms with Crippen LogP contribution in [-0.2, 0) is 0 Å². The van der Waals surface area contributed by atoms with Gasteiger partial charge in [0.15, 0.2) is 0 Å². The maximum Gasteiger partial charge on any atom is 0.273 e. The molecule has 1 atom stereocenters. The third kappa shape index (κ3) is 1.23. The molecule has 1 saturated heterocycles. The average molecular weight is 170 g/mol. The number of thiazole rings is 1. The minimum Gasteiger partial charge on any atom is -0.473 e. The fraction of sp³-hybridized carbons (Fsp3) is 0.571. The van der Waals surface area contributed by atoms with Gasteiger partial charge in [0.25, 0.3) is 5.19 Å². The van der Waals surface area contributed by atoms with E-state index >= 15 is 0 Å². The second-order valence-electron chi connectivity index (χ2n) is 2.53. The Morgan fingerprint density at radius 3 is 3.09 bits per heavy atom. The van der Waals surface area contributed by atoms with Gasteiger partial charge < -0.3 is 10.1 Å². The first-order valence-electron chi connectivity index (χ1n) is 3.63. The summed E-state index contributed by atoms with van der Waals surface area (Å²) in [7, 11) is 1.65. The Labute approximate surface area is 69.4 Å². The highest BCUT2D eigenvalue weighted by Crippen LogP contribution is 2.30. The van der Waals surface area contributed by atoms with E-state index in [1.165, 1.54) is 11.3 Å². The lowest BCUT2D eigenvalue weighted by molar-refractivity contribution is 0.388. The first-order valence-corrected chi connectivity index (χ1v) is 4.45. The molecule has 1 aromatic rings. The molecular weight excluding hydrogens is 160 g/mol. The smallest absolute Gasteiger partial charge is 0.273 e. The second-order valence-corrected chi connectivity index (χ2v) is 3.55. The van der Waals surface area contributed by atoms with Crippen LogP contribution in [0.1, 0.15) is 17.3 Å². The number of nitrogens with zero attached hydrogens (tertiary/aromatic N) is 1. The lowest BCUT2D eigenvalue weighted by atomic mass is 10.1. The van der Waals surface area contributed by atoms with Gasteiger partial charge in [0, 0.05) is 17.1 Å². The van der Waals surface area contributed by atoms with Crippen LogP contribution in [0.5, 0.6) is 5.19 Å². The molecule has 4 heteroatoms. The van der Waals surface area contributed by atoms with E-state index in [0.29, 0.717) is 6.04 Å². The summed E-state index contributed by atoms with van der Waals surface area (Å²) >= 11 is 1.62. The van der Waals surface area contributed by atoms with Gasteiger partial charge in [-0.3, -0.25) is 0 Å². The van der Waals surface area contributed by atoms with Crippen LogP contribution in [0.25, 0.3) is 0 Å². The molecule has 0 aromatic carbocycles. The topological polar surface area (TPSA) is 34.1 Å². The summed E-state index contributed by atoms with van der Waals surface area (Å²) < 4.78 is 4.99. The van der Waals surface area contributed by atoms with Crippen molar-refractivity contribution in [2.75, 3.05) is 13.7 Å². The molecule has 2 heterocycles. The Hall–Kier alpha value is -0.610. The van der Waals surface area contributed by atoms with Gasteiger partial charge in [-0.15, -0.1) is 0 Å². The van der Waals surface area contributed by atoms with Crippen LogP contribution in [0.4, 0.5) is 0 Å². The summed E-state index contributed by atoms with van der Waals surface area (Å²) in [5, 5.41) is 4.07. The Balaban J connectivity index is 2.11. The molecule has 1 aliphatic rings. The SMILES string of the molecule is COc1ncc(C2CCN2)s1. The molecular formula is C7H10N2OS. The highest BCUT2D eigenvalue weighted by molar-refractivity contribution is 7.13. The van der Waals surface area contributed by atoms with Crippen LogP contribution in [0, 0.1) is 0 Å². The van der Waals surface area contributed by atoms with Crippen LogP contribution in [-0.4, -0.2) is 18.6 Å². The molecule has 1 aliphatic heterocycles. The minimum atomic E-state index is 0.538. The van der Waals surface area contributed by atoms with E-state index in [-0.39, 0.29) is 0 Å². The maximum absolute atomic E-state index is 4.99. The predicted octanol–water partition coefficient (Wildman–Crippen LogP) is 1.19. The molecule has 11 heavy (non-hydrogen) atoms. The van der Waals surface area contributed by atoms with E-state index in [2.05, 4.69) is 10.3 Å². The molecule has 1 aromatic heterocycles. The van der Waals surface area contributed by atoms with Crippen molar-refractivity contribution in [1.82, 2.24) is 10.3 Å². The highest BCUT2D eigenvalue weighted by atomic mass is 32.1. The Kier molecular flexibility index (Phi) is 1.79. The third-order valence-electron chi connectivity index (χ3n) is 1.84. The zero-order valence-electron chi connectivity index (χ0n) is 6.33. The van der Waals surface area contributed by atoms with Crippen LogP contribution in [0.2, 0.25) is 0 Å². The molecule has 0 saturated carbocycles. The molecule has 0 bridgehead atoms. The lowest BCUT2D eigenvalue weighted by Crippen LogP contribution is -2.34. The van der Waals surface area contributed by atoms with E-state index in [1.54, 1.807) is 18.4 Å². The van der Waals surface area contributed by atoms with Crippen molar-refractivity contribution >= 4 is 11.3 Å². The first-order chi connectivity index (χ1) is 5.40. The number of hydrogen-bond acceptors (Lipinski definition) is 4. The van der Waals surface area contributed by atoms with E-state index in [1.807, 2.05) is 6.20 Å². The molecule has 2 rings (SSSR count). The number of methoxy groups -OCH3 is 1. The largest absolute Gasteiger partial charge is 0.473 e. The van der Waals surface area contributed by atoms with E-state index in [9.17, 15) is 0 Å². The monoisotopic (exact) mass is 170 g/mol. The van der Waals surface area contributed by atoms with Crippen LogP contribution < -0.4 is 10.1 Å². The number of ether oxygens (including phenoxy) is 1. The molecule has 0 radical (unpaired) electrons. The Morgan fingerprint density at radius 2 is 2.64 bits per heavy atom. The first kappa shape index (κ1) is 7.06. The lowest BCUT2D eigenvalue weighted by Gasteiger charge is -2.25. The van der Waals surface area contributed by atoms with Crippen molar-refractivity contribution < 1.29 is 4.74 Å². The van der Waals surface area contributed by atoms with Crippen LogP contribution in [0.3, 0.4) is 0 Å². The fourth-order valence-corrected chi connectivity index (χ4v) is 1.90. The zero-order valence-corrected chi connectivity index (χ0v) is 7.15. The number of aromatic nitrogens is 1. The van der Waals surface area contributed by atoms with Crippen molar-refractivity contribution in [3.05, 3.63) is 11.1 Å². The normalized spacial score (nSPS) is 22.8. The summed E-state index contributed by atoms with van der Waals surface area (Å²) in [6, 6.07) is 0.538. The second kappa shape index (κ2) is 2.79. The number of hydrogen-bond donors (Lipinski definition) is 1. The van der Waals surface area contributed by atoms with Gasteiger partial charge in [-0.25, -0.2) is 4.98 Å². The summed E-state index contributed by atoms with van der Waals surface area (Å²) in [4.78, 5) is 5.38. The van der Waals surface area contributed by atoms with Gasteiger partial charge in [-0.2, -0.15) is 0 Å². The van der Waals surface area contributed by atoms with Gasteiger partial charge >= 0.3 is 0 Å². The quantitative estimate of drug-likeness (QED) is 0.723. The van der Waals surface area contributed by atoms with E-state index < -0.39 is 0 Å². The summed E-state index contributed by atoms with van der Waals surface area (Å²) in [5.41, 5.74) is 0. The molecule has 0 aliphatic carbocycles. The summed E-state index contributed by atoms with van der Waals surface area (Å²) in [6.07, 6.45) is 3.12. The van der Waals surface area contributed by atoms with Gasteiger partial charge in [-0.05, 0) is 13.0 Å². The molecule has 3 nitrogen and oxygen atoms in total. The standard InChI is InChI=1S/C7H10N2OS/c1-10-7-9-4-6(11-7)5-2-3-8-5/h4-5,8H,2-3H2,1H3. The molecule has 1 N–H and O–H groups in total. The minimum absolute atomic E-state index is 0.538. The van der Waals surface area contributed by atoms with Crippen LogP contribution in [0.15, 0.2) is 6.20 Å². The summed E-state index contributed by atoms with van der Waals surface area (Å²) in [5.74, 6) is 0.